The summed E-state index contributed by atoms with van der Waals surface area (Å²) >= 11 is 5.78. The summed E-state index contributed by atoms with van der Waals surface area (Å²) in [6.07, 6.45) is 1.40. The molecule has 11 heteroatoms. The number of amides is 1. The summed E-state index contributed by atoms with van der Waals surface area (Å²) in [4.78, 5) is 37.2. The minimum atomic E-state index is -0.972. The van der Waals surface area contributed by atoms with Crippen molar-refractivity contribution in [1.82, 2.24) is 4.90 Å². The molecule has 1 heterocycles. The lowest BCUT2D eigenvalue weighted by Gasteiger charge is -2.26. The van der Waals surface area contributed by atoms with E-state index < -0.39 is 22.5 Å². The lowest BCUT2D eigenvalue weighted by molar-refractivity contribution is -0.385. The van der Waals surface area contributed by atoms with E-state index in [1.807, 2.05) is 6.07 Å². The topological polar surface area (TPSA) is 132 Å². The Morgan fingerprint density at radius 1 is 1.21 bits per heavy atom. The molecule has 0 radical (unpaired) electrons. The Bertz CT molecular complexity index is 1170. The third-order valence-electron chi connectivity index (χ3n) is 4.73. The van der Waals surface area contributed by atoms with Crippen LogP contribution < -0.4 is 9.47 Å². The van der Waals surface area contributed by atoms with E-state index in [1.165, 1.54) is 48.4 Å². The summed E-state index contributed by atoms with van der Waals surface area (Å²) in [6, 6.07) is 9.89. The maximum absolute atomic E-state index is 12.6. The predicted octanol–water partition coefficient (Wildman–Crippen LogP) is 3.24. The lowest BCUT2D eigenvalue weighted by Crippen LogP contribution is -2.41. The van der Waals surface area contributed by atoms with Crippen LogP contribution in [0.15, 0.2) is 42.0 Å². The Morgan fingerprint density at radius 3 is 2.58 bits per heavy atom. The van der Waals surface area contributed by atoms with Crippen molar-refractivity contribution in [3.8, 4) is 17.6 Å². The normalized spacial score (nSPS) is 13.7. The van der Waals surface area contributed by atoms with Gasteiger partial charge in [0.2, 0.25) is 0 Å². The summed E-state index contributed by atoms with van der Waals surface area (Å²) < 4.78 is 15.8. The number of hydrogen-bond donors (Lipinski definition) is 0. The molecule has 0 N–H and O–H groups in total. The third kappa shape index (κ3) is 5.65. The van der Waals surface area contributed by atoms with Crippen LogP contribution in [0, 0.1) is 21.4 Å². The van der Waals surface area contributed by atoms with Crippen molar-refractivity contribution in [3.63, 3.8) is 0 Å². The molecule has 1 aliphatic rings. The number of benzene rings is 2. The minimum absolute atomic E-state index is 0.00177. The largest absolute Gasteiger partial charge is 0.493 e. The van der Waals surface area contributed by atoms with Crippen LogP contribution in [0.5, 0.6) is 11.5 Å². The maximum Gasteiger partial charge on any atom is 0.350 e. The van der Waals surface area contributed by atoms with Gasteiger partial charge in [-0.2, -0.15) is 5.26 Å². The van der Waals surface area contributed by atoms with Gasteiger partial charge in [0.15, 0.2) is 11.5 Å². The Hall–Kier alpha value is -3.94. The highest BCUT2D eigenvalue weighted by atomic mass is 35.5. The van der Waals surface area contributed by atoms with Gasteiger partial charge >= 0.3 is 5.97 Å². The molecule has 1 saturated heterocycles. The van der Waals surface area contributed by atoms with E-state index in [-0.39, 0.29) is 27.7 Å². The molecule has 170 valence electrons. The Morgan fingerprint density at radius 2 is 1.94 bits per heavy atom. The first-order valence-electron chi connectivity index (χ1n) is 9.67. The molecule has 0 atom stereocenters. The SMILES string of the molecule is COc1cc(/C=C(\C#N)C(=O)N2CCOCC2)ccc1OC(=O)c1ccc(Cl)cc1[N+](=O)[O-]. The number of nitrogens with zero attached hydrogens (tertiary/aromatic N) is 3. The van der Waals surface area contributed by atoms with E-state index in [4.69, 9.17) is 25.8 Å². The lowest BCUT2D eigenvalue weighted by atomic mass is 10.1. The van der Waals surface area contributed by atoms with E-state index >= 15 is 0 Å². The number of nitro benzene ring substituents is 1. The summed E-state index contributed by atoms with van der Waals surface area (Å²) in [5.74, 6) is -1.25. The van der Waals surface area contributed by atoms with Crippen LogP contribution in [0.2, 0.25) is 5.02 Å². The number of nitro groups is 1. The highest BCUT2D eigenvalue weighted by Gasteiger charge is 2.24. The molecule has 0 aromatic heterocycles. The van der Waals surface area contributed by atoms with Crippen LogP contribution in [0.25, 0.3) is 6.08 Å². The summed E-state index contributed by atoms with van der Waals surface area (Å²) in [5, 5.41) is 20.8. The number of carbonyl (C=O) groups is 2. The molecule has 0 saturated carbocycles. The molecular weight excluding hydrogens is 454 g/mol. The third-order valence-corrected chi connectivity index (χ3v) is 4.96. The van der Waals surface area contributed by atoms with Crippen molar-refractivity contribution in [1.29, 1.82) is 5.26 Å². The van der Waals surface area contributed by atoms with E-state index in [9.17, 15) is 25.0 Å². The van der Waals surface area contributed by atoms with Gasteiger partial charge in [0.05, 0.1) is 25.2 Å². The van der Waals surface area contributed by atoms with Gasteiger partial charge in [0.25, 0.3) is 11.6 Å². The number of nitriles is 1. The van der Waals surface area contributed by atoms with Crippen molar-refractivity contribution < 1.29 is 28.7 Å². The first-order valence-corrected chi connectivity index (χ1v) is 10.0. The zero-order valence-electron chi connectivity index (χ0n) is 17.4. The standard InChI is InChI=1S/C22H18ClN3O7/c1-31-20-11-14(10-15(13-24)21(27)25-6-8-32-9-7-25)2-5-19(20)33-22(28)17-4-3-16(23)12-18(17)26(29)30/h2-5,10-12H,6-9H2,1H3/b15-10+. The first-order chi connectivity index (χ1) is 15.8. The highest BCUT2D eigenvalue weighted by Crippen LogP contribution is 2.31. The number of halogens is 1. The van der Waals surface area contributed by atoms with Crippen molar-refractivity contribution in [2.75, 3.05) is 33.4 Å². The summed E-state index contributed by atoms with van der Waals surface area (Å²) in [6.45, 7) is 1.61. The fraction of sp³-hybridized carbons (Fsp3) is 0.227. The van der Waals surface area contributed by atoms with Crippen LogP contribution in [-0.4, -0.2) is 55.1 Å². The molecule has 0 spiro atoms. The van der Waals surface area contributed by atoms with Gasteiger partial charge in [-0.05, 0) is 35.9 Å². The molecule has 1 amide bonds. The van der Waals surface area contributed by atoms with Gasteiger partial charge in [0.1, 0.15) is 17.2 Å². The van der Waals surface area contributed by atoms with Gasteiger partial charge in [0, 0.05) is 24.2 Å². The van der Waals surface area contributed by atoms with Crippen molar-refractivity contribution in [3.05, 3.63) is 68.2 Å². The molecule has 3 rings (SSSR count). The fourth-order valence-corrected chi connectivity index (χ4v) is 3.25. The second kappa shape index (κ2) is 10.6. The minimum Gasteiger partial charge on any atom is -0.493 e. The summed E-state index contributed by atoms with van der Waals surface area (Å²) in [7, 11) is 1.34. The van der Waals surface area contributed by atoms with Gasteiger partial charge in [-0.25, -0.2) is 4.79 Å². The number of rotatable bonds is 6. The predicted molar refractivity (Wildman–Crippen MR) is 117 cm³/mol. The van der Waals surface area contributed by atoms with Crippen molar-refractivity contribution in [2.45, 2.75) is 0 Å². The van der Waals surface area contributed by atoms with Crippen LogP contribution in [-0.2, 0) is 9.53 Å². The maximum atomic E-state index is 12.6. The second-order valence-electron chi connectivity index (χ2n) is 6.79. The van der Waals surface area contributed by atoms with Crippen molar-refractivity contribution in [2.24, 2.45) is 0 Å². The van der Waals surface area contributed by atoms with Crippen LogP contribution in [0.4, 0.5) is 5.69 Å². The average Bonchev–Trinajstić information content (AvgIpc) is 2.83. The van der Waals surface area contributed by atoms with Gasteiger partial charge in [-0.15, -0.1) is 0 Å². The molecule has 0 unspecified atom stereocenters. The van der Waals surface area contributed by atoms with Crippen LogP contribution in [0.1, 0.15) is 15.9 Å². The molecule has 0 bridgehead atoms. The average molecular weight is 472 g/mol. The molecule has 10 nitrogen and oxygen atoms in total. The molecule has 1 fully saturated rings. The van der Waals surface area contributed by atoms with Crippen LogP contribution >= 0.6 is 11.6 Å². The molecular formula is C22H18ClN3O7. The fourth-order valence-electron chi connectivity index (χ4n) is 3.09. The molecule has 1 aliphatic heterocycles. The molecule has 33 heavy (non-hydrogen) atoms. The highest BCUT2D eigenvalue weighted by molar-refractivity contribution is 6.31. The molecule has 0 aliphatic carbocycles. The van der Waals surface area contributed by atoms with E-state index in [2.05, 4.69) is 0 Å². The number of ether oxygens (including phenoxy) is 3. The summed E-state index contributed by atoms with van der Waals surface area (Å²) in [5.41, 5.74) is -0.382. The van der Waals surface area contributed by atoms with E-state index in [1.54, 1.807) is 0 Å². The Labute approximate surface area is 193 Å². The monoisotopic (exact) mass is 471 g/mol. The Balaban J connectivity index is 1.85. The van der Waals surface area contributed by atoms with Gasteiger partial charge in [-0.1, -0.05) is 17.7 Å². The number of morpholine rings is 1. The van der Waals surface area contributed by atoms with E-state index in [0.29, 0.717) is 31.9 Å². The zero-order valence-corrected chi connectivity index (χ0v) is 18.2. The Kier molecular flexibility index (Phi) is 7.61. The second-order valence-corrected chi connectivity index (χ2v) is 7.23. The molecule has 2 aromatic rings. The number of hydrogen-bond acceptors (Lipinski definition) is 8. The number of methoxy groups -OCH3 is 1. The van der Waals surface area contributed by atoms with Crippen molar-refractivity contribution >= 4 is 35.2 Å². The van der Waals surface area contributed by atoms with Crippen LogP contribution in [0.3, 0.4) is 0 Å². The number of carbonyl (C=O) groups excluding carboxylic acids is 2. The smallest absolute Gasteiger partial charge is 0.350 e. The first kappa shape index (κ1) is 23.7. The van der Waals surface area contributed by atoms with Gasteiger partial charge in [-0.3, -0.25) is 14.9 Å². The number of esters is 1. The molecule has 2 aromatic carbocycles. The zero-order chi connectivity index (χ0) is 24.0. The van der Waals surface area contributed by atoms with Gasteiger partial charge < -0.3 is 19.1 Å². The quantitative estimate of drug-likeness (QED) is 0.156. The van der Waals surface area contributed by atoms with E-state index in [0.717, 1.165) is 6.07 Å².